The van der Waals surface area contributed by atoms with Gasteiger partial charge < -0.3 is 10.5 Å². The van der Waals surface area contributed by atoms with Crippen molar-refractivity contribution in [1.29, 1.82) is 0 Å². The van der Waals surface area contributed by atoms with Gasteiger partial charge in [0.2, 0.25) is 0 Å². The highest BCUT2D eigenvalue weighted by atomic mass is 35.5. The van der Waals surface area contributed by atoms with E-state index < -0.39 is 4.92 Å². The molecular formula is C13H11Cl2N3O3. The van der Waals surface area contributed by atoms with Crippen LogP contribution in [0, 0.1) is 10.1 Å². The molecule has 0 bridgehead atoms. The molecule has 1 aromatic heterocycles. The first-order valence-corrected chi connectivity index (χ1v) is 6.67. The molecule has 1 atom stereocenters. The Labute approximate surface area is 130 Å². The summed E-state index contributed by atoms with van der Waals surface area (Å²) in [4.78, 5) is 14.3. The molecule has 2 N–H and O–H groups in total. The molecule has 0 unspecified atom stereocenters. The Morgan fingerprint density at radius 1 is 1.33 bits per heavy atom. The van der Waals surface area contributed by atoms with Crippen molar-refractivity contribution < 1.29 is 9.66 Å². The van der Waals surface area contributed by atoms with Crippen LogP contribution in [0.4, 0.5) is 5.69 Å². The third-order valence-corrected chi connectivity index (χ3v) is 3.20. The van der Waals surface area contributed by atoms with Crippen LogP contribution in [0.15, 0.2) is 30.5 Å². The monoisotopic (exact) mass is 327 g/mol. The highest BCUT2D eigenvalue weighted by Gasteiger charge is 2.16. The van der Waals surface area contributed by atoms with E-state index in [2.05, 4.69) is 4.98 Å². The third kappa shape index (κ3) is 3.60. The Morgan fingerprint density at radius 3 is 2.38 bits per heavy atom. The molecule has 1 aromatic carbocycles. The number of hydrogen-bond donors (Lipinski definition) is 1. The zero-order valence-corrected chi connectivity index (χ0v) is 12.4. The zero-order valence-electron chi connectivity index (χ0n) is 10.9. The topological polar surface area (TPSA) is 91.3 Å². The van der Waals surface area contributed by atoms with Gasteiger partial charge in [0.15, 0.2) is 5.75 Å². The van der Waals surface area contributed by atoms with Crippen molar-refractivity contribution >= 4 is 28.9 Å². The second-order valence-corrected chi connectivity index (χ2v) is 5.12. The van der Waals surface area contributed by atoms with Gasteiger partial charge in [0.1, 0.15) is 5.75 Å². The van der Waals surface area contributed by atoms with Gasteiger partial charge >= 0.3 is 0 Å². The summed E-state index contributed by atoms with van der Waals surface area (Å²) < 4.78 is 5.52. The number of halogens is 2. The number of pyridine rings is 1. The van der Waals surface area contributed by atoms with Crippen LogP contribution in [0.3, 0.4) is 0 Å². The van der Waals surface area contributed by atoms with Crippen LogP contribution in [-0.4, -0.2) is 9.91 Å². The Kier molecular flexibility index (Phi) is 4.62. The van der Waals surface area contributed by atoms with Gasteiger partial charge in [-0.2, -0.15) is 0 Å². The predicted molar refractivity (Wildman–Crippen MR) is 80.0 cm³/mol. The maximum Gasteiger partial charge on any atom is 0.272 e. The van der Waals surface area contributed by atoms with Crippen LogP contribution in [0.5, 0.6) is 11.5 Å². The molecule has 0 aliphatic rings. The SMILES string of the molecule is C[C@@H](N)c1ccc(Oc2c(Cl)cc([N+](=O)[O-])cc2Cl)cn1. The number of nitrogens with zero attached hydrogens (tertiary/aromatic N) is 2. The summed E-state index contributed by atoms with van der Waals surface area (Å²) >= 11 is 11.9. The Bertz CT molecular complexity index is 652. The van der Waals surface area contributed by atoms with E-state index in [4.69, 9.17) is 33.7 Å². The second kappa shape index (κ2) is 6.26. The molecule has 0 aliphatic carbocycles. The van der Waals surface area contributed by atoms with Gasteiger partial charge in [-0.1, -0.05) is 23.2 Å². The molecule has 0 fully saturated rings. The van der Waals surface area contributed by atoms with Gasteiger partial charge in [-0.15, -0.1) is 0 Å². The lowest BCUT2D eigenvalue weighted by Gasteiger charge is -2.10. The van der Waals surface area contributed by atoms with Crippen LogP contribution in [0.2, 0.25) is 10.0 Å². The maximum absolute atomic E-state index is 10.7. The third-order valence-electron chi connectivity index (χ3n) is 2.64. The molecular weight excluding hydrogens is 317 g/mol. The average Bonchev–Trinajstić information content (AvgIpc) is 2.43. The van der Waals surface area contributed by atoms with Gasteiger partial charge in [0.25, 0.3) is 5.69 Å². The predicted octanol–water partition coefficient (Wildman–Crippen LogP) is 4.11. The summed E-state index contributed by atoms with van der Waals surface area (Å²) in [5.41, 5.74) is 6.21. The normalized spacial score (nSPS) is 12.0. The molecule has 0 aliphatic heterocycles. The molecule has 21 heavy (non-hydrogen) atoms. The number of ether oxygens (including phenoxy) is 1. The smallest absolute Gasteiger partial charge is 0.272 e. The molecule has 1 heterocycles. The summed E-state index contributed by atoms with van der Waals surface area (Å²) in [5.74, 6) is 0.538. The minimum absolute atomic E-state index is 0.0467. The van der Waals surface area contributed by atoms with Gasteiger partial charge in [-0.05, 0) is 19.1 Å². The Balaban J connectivity index is 2.29. The lowest BCUT2D eigenvalue weighted by atomic mass is 10.2. The number of benzene rings is 1. The van der Waals surface area contributed by atoms with E-state index in [-0.39, 0.29) is 27.5 Å². The first-order chi connectivity index (χ1) is 9.88. The molecule has 110 valence electrons. The first kappa shape index (κ1) is 15.5. The molecule has 2 rings (SSSR count). The van der Waals surface area contributed by atoms with E-state index in [1.54, 1.807) is 12.1 Å². The van der Waals surface area contributed by atoms with Crippen molar-refractivity contribution in [3.8, 4) is 11.5 Å². The van der Waals surface area contributed by atoms with Crippen molar-refractivity contribution in [3.63, 3.8) is 0 Å². The second-order valence-electron chi connectivity index (χ2n) is 4.31. The number of nitro groups is 1. The maximum atomic E-state index is 10.7. The summed E-state index contributed by atoms with van der Waals surface area (Å²) in [6.45, 7) is 1.81. The fourth-order valence-corrected chi connectivity index (χ4v) is 2.14. The molecule has 0 spiro atoms. The summed E-state index contributed by atoms with van der Waals surface area (Å²) in [5, 5.41) is 10.8. The minimum Gasteiger partial charge on any atom is -0.453 e. The van der Waals surface area contributed by atoms with E-state index in [0.717, 1.165) is 0 Å². The van der Waals surface area contributed by atoms with Gasteiger partial charge in [0, 0.05) is 18.2 Å². The molecule has 0 amide bonds. The van der Waals surface area contributed by atoms with Crippen LogP contribution >= 0.6 is 23.2 Å². The highest BCUT2D eigenvalue weighted by Crippen LogP contribution is 2.39. The van der Waals surface area contributed by atoms with E-state index in [1.165, 1.54) is 18.3 Å². The van der Waals surface area contributed by atoms with Gasteiger partial charge in [-0.3, -0.25) is 15.1 Å². The quantitative estimate of drug-likeness (QED) is 0.673. The molecule has 0 radical (unpaired) electrons. The van der Waals surface area contributed by atoms with Gasteiger partial charge in [-0.25, -0.2) is 0 Å². The average molecular weight is 328 g/mol. The van der Waals surface area contributed by atoms with E-state index in [0.29, 0.717) is 11.4 Å². The van der Waals surface area contributed by atoms with Crippen LogP contribution < -0.4 is 10.5 Å². The summed E-state index contributed by atoms with van der Waals surface area (Å²) in [7, 11) is 0. The lowest BCUT2D eigenvalue weighted by molar-refractivity contribution is -0.384. The van der Waals surface area contributed by atoms with Crippen molar-refractivity contribution in [3.05, 3.63) is 56.3 Å². The van der Waals surface area contributed by atoms with Crippen molar-refractivity contribution in [1.82, 2.24) is 4.98 Å². The Morgan fingerprint density at radius 2 is 1.95 bits per heavy atom. The van der Waals surface area contributed by atoms with Crippen LogP contribution in [0.25, 0.3) is 0 Å². The lowest BCUT2D eigenvalue weighted by Crippen LogP contribution is -2.06. The molecule has 0 saturated heterocycles. The summed E-state index contributed by atoms with van der Waals surface area (Å²) in [6.07, 6.45) is 1.48. The molecule has 8 heteroatoms. The number of aromatic nitrogens is 1. The molecule has 6 nitrogen and oxygen atoms in total. The Hall–Kier alpha value is -1.89. The van der Waals surface area contributed by atoms with Crippen molar-refractivity contribution in [2.75, 3.05) is 0 Å². The number of non-ortho nitro benzene ring substituents is 1. The number of nitrogens with two attached hydrogens (primary N) is 1. The number of nitro benzene ring substituents is 1. The van der Waals surface area contributed by atoms with Crippen molar-refractivity contribution in [2.45, 2.75) is 13.0 Å². The first-order valence-electron chi connectivity index (χ1n) is 5.91. The van der Waals surface area contributed by atoms with Crippen molar-refractivity contribution in [2.24, 2.45) is 5.73 Å². The van der Waals surface area contributed by atoms with E-state index >= 15 is 0 Å². The van der Waals surface area contributed by atoms with Crippen LogP contribution in [-0.2, 0) is 0 Å². The summed E-state index contributed by atoms with van der Waals surface area (Å²) in [6, 6.07) is 5.54. The van der Waals surface area contributed by atoms with Gasteiger partial charge in [0.05, 0.1) is 26.9 Å². The zero-order chi connectivity index (χ0) is 15.6. The fourth-order valence-electron chi connectivity index (χ4n) is 1.59. The molecule has 0 saturated carbocycles. The number of rotatable bonds is 4. The highest BCUT2D eigenvalue weighted by molar-refractivity contribution is 6.37. The fraction of sp³-hybridized carbons (Fsp3) is 0.154. The largest absolute Gasteiger partial charge is 0.453 e. The minimum atomic E-state index is -0.583. The number of hydrogen-bond acceptors (Lipinski definition) is 5. The van der Waals surface area contributed by atoms with E-state index in [1.807, 2.05) is 6.92 Å². The standard InChI is InChI=1S/C13H11Cl2N3O3/c1-7(16)12-3-2-9(6-17-12)21-13-10(14)4-8(18(19)20)5-11(13)15/h2-7H,16H2,1H3/t7-/m1/s1. The van der Waals surface area contributed by atoms with Crippen LogP contribution in [0.1, 0.15) is 18.7 Å². The van der Waals surface area contributed by atoms with E-state index in [9.17, 15) is 10.1 Å². The molecule has 2 aromatic rings.